The highest BCUT2D eigenvalue weighted by atomic mass is 19.4. The first-order valence-electron chi connectivity index (χ1n) is 8.20. The Morgan fingerprint density at radius 1 is 1.19 bits per heavy atom. The number of nitrogens with zero attached hydrogens (tertiary/aromatic N) is 1. The first-order valence-corrected chi connectivity index (χ1v) is 8.20. The van der Waals surface area contributed by atoms with Crippen molar-refractivity contribution in [3.05, 3.63) is 58.6 Å². The van der Waals surface area contributed by atoms with Crippen LogP contribution in [0.3, 0.4) is 0 Å². The third kappa shape index (κ3) is 4.76. The molecular formula is C18H17F3N4O2. The summed E-state index contributed by atoms with van der Waals surface area (Å²) in [5, 5.41) is 4.07. The molecule has 0 unspecified atom stereocenters. The van der Waals surface area contributed by atoms with Crippen molar-refractivity contribution in [3.8, 4) is 5.75 Å². The van der Waals surface area contributed by atoms with E-state index < -0.39 is 6.36 Å². The number of hydrogen-bond acceptors (Lipinski definition) is 5. The number of aromatic amines is 1. The average molecular weight is 378 g/mol. The van der Waals surface area contributed by atoms with E-state index in [1.54, 1.807) is 12.3 Å². The summed E-state index contributed by atoms with van der Waals surface area (Å²) in [4.78, 5) is 19.3. The van der Waals surface area contributed by atoms with Crippen LogP contribution in [0.4, 0.5) is 24.7 Å². The van der Waals surface area contributed by atoms with Crippen molar-refractivity contribution in [2.45, 2.75) is 19.2 Å². The van der Waals surface area contributed by atoms with Gasteiger partial charge in [-0.05, 0) is 61.2 Å². The van der Waals surface area contributed by atoms with Gasteiger partial charge >= 0.3 is 6.36 Å². The molecule has 0 radical (unpaired) electrons. The van der Waals surface area contributed by atoms with E-state index in [2.05, 4.69) is 20.0 Å². The second-order valence-electron chi connectivity index (χ2n) is 5.82. The molecule has 3 rings (SSSR count). The maximum absolute atomic E-state index is 12.3. The maximum Gasteiger partial charge on any atom is 0.573 e. The van der Waals surface area contributed by atoms with Crippen molar-refractivity contribution >= 4 is 22.3 Å². The number of aryl methyl sites for hydroxylation is 1. The molecule has 0 aliphatic carbocycles. The van der Waals surface area contributed by atoms with Crippen LogP contribution in [-0.4, -0.2) is 22.9 Å². The Morgan fingerprint density at radius 2 is 1.93 bits per heavy atom. The number of nitrogens with two attached hydrogens (primary N) is 1. The van der Waals surface area contributed by atoms with Crippen molar-refractivity contribution < 1.29 is 17.9 Å². The van der Waals surface area contributed by atoms with E-state index in [0.29, 0.717) is 35.2 Å². The van der Waals surface area contributed by atoms with Gasteiger partial charge in [-0.1, -0.05) is 0 Å². The molecule has 27 heavy (non-hydrogen) atoms. The zero-order valence-corrected chi connectivity index (χ0v) is 14.1. The predicted molar refractivity (Wildman–Crippen MR) is 96.1 cm³/mol. The molecule has 2 aromatic heterocycles. The quantitative estimate of drug-likeness (QED) is 0.611. The highest BCUT2D eigenvalue weighted by Crippen LogP contribution is 2.27. The van der Waals surface area contributed by atoms with Gasteiger partial charge in [0.05, 0.1) is 5.39 Å². The number of anilines is 2. The topological polar surface area (TPSA) is 93.0 Å². The van der Waals surface area contributed by atoms with Crippen molar-refractivity contribution in [3.63, 3.8) is 0 Å². The molecule has 2 heterocycles. The summed E-state index contributed by atoms with van der Waals surface area (Å²) in [6, 6.07) is 8.78. The number of nitrogens with one attached hydrogen (secondary N) is 2. The van der Waals surface area contributed by atoms with Crippen molar-refractivity contribution in [1.82, 2.24) is 9.97 Å². The fourth-order valence-electron chi connectivity index (χ4n) is 2.65. The van der Waals surface area contributed by atoms with Crippen molar-refractivity contribution in [2.75, 3.05) is 11.9 Å². The molecule has 142 valence electrons. The second kappa shape index (κ2) is 7.67. The molecule has 0 saturated carbocycles. The SMILES string of the molecule is NCCCc1cc2cc[nH]c(=O)c2c(Nc2ccc(OC(F)(F)F)cc2)n1. The third-order valence-corrected chi connectivity index (χ3v) is 3.80. The average Bonchev–Trinajstić information content (AvgIpc) is 2.60. The fraction of sp³-hybridized carbons (Fsp3) is 0.222. The molecule has 0 spiro atoms. The number of ether oxygens (including phenoxy) is 1. The Bertz CT molecular complexity index is 985. The lowest BCUT2D eigenvalue weighted by molar-refractivity contribution is -0.274. The molecule has 3 aromatic rings. The van der Waals surface area contributed by atoms with Crippen molar-refractivity contribution in [1.29, 1.82) is 0 Å². The molecule has 9 heteroatoms. The number of rotatable bonds is 6. The number of pyridine rings is 2. The van der Waals surface area contributed by atoms with Gasteiger partial charge in [-0.3, -0.25) is 4.79 Å². The number of alkyl halides is 3. The normalized spacial score (nSPS) is 11.6. The Hall–Kier alpha value is -3.07. The minimum absolute atomic E-state index is 0.315. The molecule has 1 aromatic carbocycles. The van der Waals surface area contributed by atoms with Crippen LogP contribution in [0.15, 0.2) is 47.4 Å². The fourth-order valence-corrected chi connectivity index (χ4v) is 2.65. The second-order valence-corrected chi connectivity index (χ2v) is 5.82. The minimum atomic E-state index is -4.75. The van der Waals surface area contributed by atoms with Crippen LogP contribution in [0.2, 0.25) is 0 Å². The zero-order chi connectivity index (χ0) is 19.4. The summed E-state index contributed by atoms with van der Waals surface area (Å²) in [5.41, 5.74) is 6.46. The number of halogens is 3. The molecule has 0 fully saturated rings. The molecule has 4 N–H and O–H groups in total. The highest BCUT2D eigenvalue weighted by molar-refractivity contribution is 5.92. The van der Waals surface area contributed by atoms with Crippen LogP contribution in [0.1, 0.15) is 12.1 Å². The molecule has 0 atom stereocenters. The first-order chi connectivity index (χ1) is 12.9. The summed E-state index contributed by atoms with van der Waals surface area (Å²) in [6.45, 7) is 0.512. The standard InChI is InChI=1S/C18H17F3N4O2/c19-18(20,21)27-14-5-3-12(4-6-14)24-16-15-11(7-9-23-17(15)26)10-13(25-16)2-1-8-22/h3-7,9-10H,1-2,8,22H2,(H,23,26)(H,24,25). The molecule has 0 bridgehead atoms. The van der Waals surface area contributed by atoms with E-state index in [0.717, 1.165) is 12.1 Å². The first kappa shape index (κ1) is 18.7. The number of hydrogen-bond donors (Lipinski definition) is 3. The van der Waals surface area contributed by atoms with Gasteiger partial charge in [0.1, 0.15) is 11.6 Å². The van der Waals surface area contributed by atoms with E-state index in [4.69, 9.17) is 5.73 Å². The van der Waals surface area contributed by atoms with Crippen LogP contribution in [0.5, 0.6) is 5.75 Å². The van der Waals surface area contributed by atoms with E-state index in [1.165, 1.54) is 24.3 Å². The van der Waals surface area contributed by atoms with Gasteiger partial charge in [0.2, 0.25) is 0 Å². The number of H-pyrrole nitrogens is 1. The zero-order valence-electron chi connectivity index (χ0n) is 14.1. The highest BCUT2D eigenvalue weighted by Gasteiger charge is 2.30. The Balaban J connectivity index is 1.94. The third-order valence-electron chi connectivity index (χ3n) is 3.80. The maximum atomic E-state index is 12.3. The largest absolute Gasteiger partial charge is 0.573 e. The smallest absolute Gasteiger partial charge is 0.406 e. The van der Waals surface area contributed by atoms with Crippen LogP contribution >= 0.6 is 0 Å². The van der Waals surface area contributed by atoms with Crippen LogP contribution < -0.4 is 21.3 Å². The molecule has 0 aliphatic rings. The summed E-state index contributed by atoms with van der Waals surface area (Å²) >= 11 is 0. The van der Waals surface area contributed by atoms with Gasteiger partial charge in [-0.2, -0.15) is 0 Å². The molecule has 0 aliphatic heterocycles. The number of aromatic nitrogens is 2. The lowest BCUT2D eigenvalue weighted by Crippen LogP contribution is -2.17. The number of fused-ring (bicyclic) bond motifs is 1. The monoisotopic (exact) mass is 378 g/mol. The van der Waals surface area contributed by atoms with Gasteiger partial charge in [0.15, 0.2) is 0 Å². The van der Waals surface area contributed by atoms with Gasteiger partial charge < -0.3 is 20.8 Å². The number of benzene rings is 1. The Labute approximate surface area is 152 Å². The van der Waals surface area contributed by atoms with Crippen LogP contribution in [0, 0.1) is 0 Å². The van der Waals surface area contributed by atoms with Gasteiger partial charge in [-0.15, -0.1) is 13.2 Å². The molecule has 6 nitrogen and oxygen atoms in total. The van der Waals surface area contributed by atoms with Crippen molar-refractivity contribution in [2.24, 2.45) is 5.73 Å². The van der Waals surface area contributed by atoms with Crippen LogP contribution in [-0.2, 0) is 6.42 Å². The lowest BCUT2D eigenvalue weighted by atomic mass is 10.1. The van der Waals surface area contributed by atoms with Gasteiger partial charge in [0.25, 0.3) is 5.56 Å². The Kier molecular flexibility index (Phi) is 5.31. The van der Waals surface area contributed by atoms with E-state index in [1.807, 2.05) is 6.07 Å². The molecular weight excluding hydrogens is 361 g/mol. The van der Waals surface area contributed by atoms with Gasteiger partial charge in [-0.25, -0.2) is 4.98 Å². The van der Waals surface area contributed by atoms with Gasteiger partial charge in [0, 0.05) is 17.6 Å². The lowest BCUT2D eigenvalue weighted by Gasteiger charge is -2.12. The summed E-state index contributed by atoms with van der Waals surface area (Å²) < 4.78 is 40.6. The van der Waals surface area contributed by atoms with Crippen LogP contribution in [0.25, 0.3) is 10.8 Å². The minimum Gasteiger partial charge on any atom is -0.406 e. The molecule has 0 amide bonds. The molecule has 0 saturated heterocycles. The van der Waals surface area contributed by atoms with E-state index in [9.17, 15) is 18.0 Å². The summed E-state index contributed by atoms with van der Waals surface area (Å²) in [6.07, 6.45) is -1.82. The van der Waals surface area contributed by atoms with E-state index in [-0.39, 0.29) is 11.3 Å². The Morgan fingerprint density at radius 3 is 2.59 bits per heavy atom. The van der Waals surface area contributed by atoms with E-state index >= 15 is 0 Å². The predicted octanol–water partition coefficient (Wildman–Crippen LogP) is 3.46. The summed E-state index contributed by atoms with van der Waals surface area (Å²) in [5.74, 6) is -0.00808. The summed E-state index contributed by atoms with van der Waals surface area (Å²) in [7, 11) is 0.